The van der Waals surface area contributed by atoms with Crippen LogP contribution in [0.4, 0.5) is 0 Å². The first-order valence-corrected chi connectivity index (χ1v) is 11.3. The summed E-state index contributed by atoms with van der Waals surface area (Å²) in [6.07, 6.45) is 3.88. The normalized spacial score (nSPS) is 16.3. The highest BCUT2D eigenvalue weighted by Crippen LogP contribution is 2.20. The molecule has 4 heterocycles. The molecule has 1 unspecified atom stereocenters. The average Bonchev–Trinajstić information content (AvgIpc) is 3.54. The van der Waals surface area contributed by atoms with Crippen LogP contribution in [0.3, 0.4) is 0 Å². The zero-order valence-corrected chi connectivity index (χ0v) is 19.0. The van der Waals surface area contributed by atoms with Crippen molar-refractivity contribution in [2.45, 2.75) is 59.0 Å². The number of hydrogen-bond acceptors (Lipinski definition) is 7. The minimum Gasteiger partial charge on any atom is -0.468 e. The van der Waals surface area contributed by atoms with Crippen LogP contribution in [0.1, 0.15) is 41.1 Å². The smallest absolute Gasteiger partial charge is 0.252 e. The Hall–Kier alpha value is -3.30. The van der Waals surface area contributed by atoms with E-state index in [0.29, 0.717) is 31.7 Å². The lowest BCUT2D eigenvalue weighted by Gasteiger charge is -2.21. The van der Waals surface area contributed by atoms with Crippen LogP contribution in [0.15, 0.2) is 45.8 Å². The number of rotatable bonds is 8. The zero-order chi connectivity index (χ0) is 22.8. The predicted molar refractivity (Wildman–Crippen MR) is 122 cm³/mol. The van der Waals surface area contributed by atoms with Crippen LogP contribution in [-0.4, -0.2) is 42.8 Å². The summed E-state index contributed by atoms with van der Waals surface area (Å²) in [7, 11) is 0. The summed E-state index contributed by atoms with van der Waals surface area (Å²) < 4.78 is 13.1. The molecule has 0 amide bonds. The second-order valence-corrected chi connectivity index (χ2v) is 8.81. The molecule has 1 saturated heterocycles. The third kappa shape index (κ3) is 4.89. The van der Waals surface area contributed by atoms with E-state index in [-0.39, 0.29) is 11.7 Å². The molecule has 5 rings (SSSR count). The van der Waals surface area contributed by atoms with Crippen molar-refractivity contribution >= 4 is 10.9 Å². The maximum Gasteiger partial charge on any atom is 0.252 e. The van der Waals surface area contributed by atoms with E-state index in [2.05, 4.69) is 44.5 Å². The molecule has 0 bridgehead atoms. The molecule has 0 saturated carbocycles. The van der Waals surface area contributed by atoms with Gasteiger partial charge in [0.15, 0.2) is 5.82 Å². The van der Waals surface area contributed by atoms with E-state index < -0.39 is 0 Å². The number of tetrazole rings is 1. The van der Waals surface area contributed by atoms with Gasteiger partial charge < -0.3 is 14.1 Å². The number of H-pyrrole nitrogens is 1. The minimum absolute atomic E-state index is 0.0853. The van der Waals surface area contributed by atoms with Crippen molar-refractivity contribution in [3.8, 4) is 0 Å². The molecule has 3 aromatic heterocycles. The first kappa shape index (κ1) is 21.5. The van der Waals surface area contributed by atoms with Gasteiger partial charge in [0.1, 0.15) is 5.76 Å². The van der Waals surface area contributed by atoms with E-state index in [0.717, 1.165) is 47.5 Å². The molecule has 1 atom stereocenters. The Balaban J connectivity index is 1.42. The second kappa shape index (κ2) is 9.29. The van der Waals surface area contributed by atoms with Crippen LogP contribution in [-0.2, 0) is 30.9 Å². The van der Waals surface area contributed by atoms with Crippen LogP contribution in [0.5, 0.6) is 0 Å². The van der Waals surface area contributed by atoms with Crippen molar-refractivity contribution in [1.82, 2.24) is 30.1 Å². The van der Waals surface area contributed by atoms with E-state index >= 15 is 0 Å². The molecule has 33 heavy (non-hydrogen) atoms. The van der Waals surface area contributed by atoms with E-state index in [1.165, 1.54) is 5.56 Å². The fourth-order valence-corrected chi connectivity index (χ4v) is 4.54. The number of ether oxygens (including phenoxy) is 1. The van der Waals surface area contributed by atoms with Gasteiger partial charge in [-0.25, -0.2) is 4.68 Å². The number of nitrogens with zero attached hydrogens (tertiary/aromatic N) is 5. The summed E-state index contributed by atoms with van der Waals surface area (Å²) >= 11 is 0. The molecular formula is C24H28N6O3. The van der Waals surface area contributed by atoms with Gasteiger partial charge >= 0.3 is 0 Å². The number of benzene rings is 1. The fraction of sp³-hybridized carbons (Fsp3) is 0.417. The monoisotopic (exact) mass is 448 g/mol. The molecule has 1 N–H and O–H groups in total. The summed E-state index contributed by atoms with van der Waals surface area (Å²) in [6, 6.07) is 9.96. The zero-order valence-electron chi connectivity index (χ0n) is 19.0. The van der Waals surface area contributed by atoms with Gasteiger partial charge in [0.2, 0.25) is 0 Å². The lowest BCUT2D eigenvalue weighted by molar-refractivity contribution is 0.0913. The van der Waals surface area contributed by atoms with Crippen molar-refractivity contribution in [2.75, 3.05) is 6.61 Å². The van der Waals surface area contributed by atoms with Gasteiger partial charge in [-0.1, -0.05) is 11.6 Å². The molecule has 0 radical (unpaired) electrons. The van der Waals surface area contributed by atoms with Gasteiger partial charge in [0, 0.05) is 18.7 Å². The van der Waals surface area contributed by atoms with E-state index in [9.17, 15) is 4.79 Å². The lowest BCUT2D eigenvalue weighted by Crippen LogP contribution is -2.28. The molecule has 1 aliphatic rings. The van der Waals surface area contributed by atoms with Crippen molar-refractivity contribution in [3.63, 3.8) is 0 Å². The van der Waals surface area contributed by atoms with Gasteiger partial charge in [0.05, 0.1) is 37.5 Å². The van der Waals surface area contributed by atoms with E-state index in [1.807, 2.05) is 29.8 Å². The third-order valence-corrected chi connectivity index (χ3v) is 6.10. The number of hydrogen-bond donors (Lipinski definition) is 1. The summed E-state index contributed by atoms with van der Waals surface area (Å²) in [5.41, 5.74) is 3.72. The number of aromatic amines is 1. The highest BCUT2D eigenvalue weighted by atomic mass is 16.5. The molecule has 0 spiro atoms. The Morgan fingerprint density at radius 3 is 2.91 bits per heavy atom. The van der Waals surface area contributed by atoms with Crippen molar-refractivity contribution in [1.29, 1.82) is 0 Å². The molecule has 0 aliphatic carbocycles. The predicted octanol–water partition coefficient (Wildman–Crippen LogP) is 3.11. The quantitative estimate of drug-likeness (QED) is 0.442. The summed E-state index contributed by atoms with van der Waals surface area (Å²) in [5, 5.41) is 13.3. The molecule has 172 valence electrons. The molecule has 9 heteroatoms. The number of aromatic nitrogens is 5. The van der Waals surface area contributed by atoms with Gasteiger partial charge in [-0.3, -0.25) is 9.69 Å². The van der Waals surface area contributed by atoms with Crippen LogP contribution >= 0.6 is 0 Å². The number of pyridine rings is 1. The van der Waals surface area contributed by atoms with Crippen LogP contribution < -0.4 is 5.56 Å². The molecule has 1 aliphatic heterocycles. The Morgan fingerprint density at radius 1 is 1.21 bits per heavy atom. The standard InChI is InChI=1S/C24H28N6O3/c1-16-9-17(2)23-18(10-16)11-19(24(31)25-23)12-29(13-20-5-3-7-32-20)15-22-26-27-28-30(22)14-21-6-4-8-33-21/h3,5,7,9-11,21H,4,6,8,12-15H2,1-2H3,(H,25,31). The van der Waals surface area contributed by atoms with Crippen LogP contribution in [0.2, 0.25) is 0 Å². The molecule has 1 fully saturated rings. The Bertz CT molecular complexity index is 1290. The largest absolute Gasteiger partial charge is 0.468 e. The lowest BCUT2D eigenvalue weighted by atomic mass is 10.1. The number of fused-ring (bicyclic) bond motifs is 1. The first-order valence-electron chi connectivity index (χ1n) is 11.3. The molecule has 9 nitrogen and oxygen atoms in total. The molecule has 4 aromatic rings. The summed E-state index contributed by atoms with van der Waals surface area (Å²) in [6.45, 7) is 6.94. The third-order valence-electron chi connectivity index (χ3n) is 6.10. The van der Waals surface area contributed by atoms with Crippen molar-refractivity contribution < 1.29 is 9.15 Å². The van der Waals surface area contributed by atoms with Gasteiger partial charge in [-0.05, 0) is 72.3 Å². The molecular weight excluding hydrogens is 420 g/mol. The van der Waals surface area contributed by atoms with Gasteiger partial charge in [0.25, 0.3) is 5.56 Å². The van der Waals surface area contributed by atoms with Crippen LogP contribution in [0.25, 0.3) is 10.9 Å². The Morgan fingerprint density at radius 2 is 2.12 bits per heavy atom. The van der Waals surface area contributed by atoms with E-state index in [1.54, 1.807) is 6.26 Å². The Kier molecular flexibility index (Phi) is 6.06. The Labute approximate surface area is 191 Å². The second-order valence-electron chi connectivity index (χ2n) is 8.81. The fourth-order valence-electron chi connectivity index (χ4n) is 4.54. The topological polar surface area (TPSA) is 102 Å². The summed E-state index contributed by atoms with van der Waals surface area (Å²) in [5.74, 6) is 1.55. The number of nitrogens with one attached hydrogen (secondary N) is 1. The SMILES string of the molecule is Cc1cc(C)c2[nH]c(=O)c(CN(Cc3ccco3)Cc3nnnn3CC3CCCO3)cc2c1. The first-order chi connectivity index (χ1) is 16.0. The van der Waals surface area contributed by atoms with Gasteiger partial charge in [-0.15, -0.1) is 5.10 Å². The maximum atomic E-state index is 12.9. The molecule has 1 aromatic carbocycles. The van der Waals surface area contributed by atoms with Crippen molar-refractivity contribution in [2.24, 2.45) is 0 Å². The highest BCUT2D eigenvalue weighted by Gasteiger charge is 2.21. The highest BCUT2D eigenvalue weighted by molar-refractivity contribution is 5.82. The number of aryl methyl sites for hydroxylation is 2. The minimum atomic E-state index is -0.0853. The van der Waals surface area contributed by atoms with Crippen molar-refractivity contribution in [3.05, 3.63) is 75.2 Å². The summed E-state index contributed by atoms with van der Waals surface area (Å²) in [4.78, 5) is 18.1. The average molecular weight is 449 g/mol. The van der Waals surface area contributed by atoms with Crippen LogP contribution in [0, 0.1) is 13.8 Å². The van der Waals surface area contributed by atoms with Gasteiger partial charge in [-0.2, -0.15) is 0 Å². The van der Waals surface area contributed by atoms with E-state index in [4.69, 9.17) is 9.15 Å². The number of furan rings is 1. The maximum absolute atomic E-state index is 12.9.